The topological polar surface area (TPSA) is 83.6 Å². The number of rotatable bonds is 6. The predicted molar refractivity (Wildman–Crippen MR) is 111 cm³/mol. The van der Waals surface area contributed by atoms with Gasteiger partial charge in [-0.15, -0.1) is 0 Å². The SMILES string of the molecule is CS(=O)(=O)c1ccc(NC2CCN(Cc3ccccc3)CC2)c(S(C)(=O)=O)c1. The highest BCUT2D eigenvalue weighted by atomic mass is 32.2. The van der Waals surface area contributed by atoms with Crippen molar-refractivity contribution in [3.63, 3.8) is 0 Å². The van der Waals surface area contributed by atoms with Gasteiger partial charge in [0.2, 0.25) is 0 Å². The Kier molecular flexibility index (Phi) is 6.12. The summed E-state index contributed by atoms with van der Waals surface area (Å²) < 4.78 is 47.9. The van der Waals surface area contributed by atoms with Gasteiger partial charge in [-0.05, 0) is 36.6 Å². The van der Waals surface area contributed by atoms with Crippen molar-refractivity contribution in [2.24, 2.45) is 0 Å². The Morgan fingerprint density at radius 2 is 1.57 bits per heavy atom. The standard InChI is InChI=1S/C20H26N2O4S2/c1-27(23,24)18-8-9-19(20(14-18)28(2,25)26)21-17-10-12-22(13-11-17)15-16-6-4-3-5-7-16/h3-9,14,17,21H,10-13,15H2,1-2H3. The molecule has 1 saturated heterocycles. The van der Waals surface area contributed by atoms with E-state index in [9.17, 15) is 16.8 Å². The largest absolute Gasteiger partial charge is 0.381 e. The summed E-state index contributed by atoms with van der Waals surface area (Å²) in [7, 11) is -7.03. The fourth-order valence-electron chi connectivity index (χ4n) is 3.46. The average Bonchev–Trinajstić information content (AvgIpc) is 2.63. The molecule has 1 fully saturated rings. The monoisotopic (exact) mass is 422 g/mol. The van der Waals surface area contributed by atoms with Crippen LogP contribution in [-0.4, -0.2) is 53.4 Å². The third-order valence-corrected chi connectivity index (χ3v) is 7.22. The molecule has 1 N–H and O–H groups in total. The molecule has 152 valence electrons. The molecule has 3 rings (SSSR count). The van der Waals surface area contributed by atoms with Crippen molar-refractivity contribution in [1.82, 2.24) is 4.90 Å². The molecular formula is C20H26N2O4S2. The summed E-state index contributed by atoms with van der Waals surface area (Å²) in [5, 5.41) is 3.32. The molecular weight excluding hydrogens is 396 g/mol. The van der Waals surface area contributed by atoms with Crippen molar-refractivity contribution in [3.8, 4) is 0 Å². The molecule has 1 heterocycles. The summed E-state index contributed by atoms with van der Waals surface area (Å²) in [6.07, 6.45) is 3.96. The first-order valence-corrected chi connectivity index (χ1v) is 13.0. The van der Waals surface area contributed by atoms with Crippen molar-refractivity contribution in [2.45, 2.75) is 35.2 Å². The molecule has 2 aromatic rings. The van der Waals surface area contributed by atoms with Crippen LogP contribution in [0.1, 0.15) is 18.4 Å². The first-order chi connectivity index (χ1) is 13.1. The Morgan fingerprint density at radius 1 is 0.929 bits per heavy atom. The van der Waals surface area contributed by atoms with Crippen molar-refractivity contribution < 1.29 is 16.8 Å². The quantitative estimate of drug-likeness (QED) is 0.770. The Morgan fingerprint density at radius 3 is 2.14 bits per heavy atom. The zero-order valence-electron chi connectivity index (χ0n) is 16.1. The number of nitrogens with zero attached hydrogens (tertiary/aromatic N) is 1. The lowest BCUT2D eigenvalue weighted by atomic mass is 10.0. The van der Waals surface area contributed by atoms with Crippen LogP contribution < -0.4 is 5.32 Å². The summed E-state index contributed by atoms with van der Waals surface area (Å²) in [4.78, 5) is 2.43. The predicted octanol–water partition coefficient (Wildman–Crippen LogP) is 2.57. The van der Waals surface area contributed by atoms with E-state index >= 15 is 0 Å². The maximum absolute atomic E-state index is 12.2. The molecule has 28 heavy (non-hydrogen) atoms. The number of hydrogen-bond acceptors (Lipinski definition) is 6. The molecule has 2 aromatic carbocycles. The van der Waals surface area contributed by atoms with Crippen molar-refractivity contribution in [3.05, 3.63) is 54.1 Å². The average molecular weight is 423 g/mol. The first kappa shape index (κ1) is 20.8. The number of hydrogen-bond donors (Lipinski definition) is 1. The van der Waals surface area contributed by atoms with Gasteiger partial charge in [-0.2, -0.15) is 0 Å². The summed E-state index contributed by atoms with van der Waals surface area (Å²) in [5.74, 6) is 0. The van der Waals surface area contributed by atoms with Gasteiger partial charge in [0.25, 0.3) is 0 Å². The van der Waals surface area contributed by atoms with Gasteiger partial charge in [-0.3, -0.25) is 4.90 Å². The van der Waals surface area contributed by atoms with Crippen LogP contribution in [0, 0.1) is 0 Å². The maximum Gasteiger partial charge on any atom is 0.177 e. The molecule has 0 atom stereocenters. The van der Waals surface area contributed by atoms with E-state index in [2.05, 4.69) is 22.3 Å². The van der Waals surface area contributed by atoms with Crippen LogP contribution in [0.15, 0.2) is 58.3 Å². The van der Waals surface area contributed by atoms with Crippen LogP contribution in [-0.2, 0) is 26.2 Å². The zero-order valence-corrected chi connectivity index (χ0v) is 17.8. The molecule has 0 spiro atoms. The minimum atomic E-state index is -3.56. The number of nitrogens with one attached hydrogen (secondary N) is 1. The van der Waals surface area contributed by atoms with E-state index in [4.69, 9.17) is 0 Å². The zero-order chi connectivity index (χ0) is 20.4. The molecule has 8 heteroatoms. The lowest BCUT2D eigenvalue weighted by Crippen LogP contribution is -2.38. The van der Waals surface area contributed by atoms with Crippen LogP contribution in [0.5, 0.6) is 0 Å². The third kappa shape index (κ3) is 5.33. The fourth-order valence-corrected chi connectivity index (χ4v) is 5.05. The van der Waals surface area contributed by atoms with Crippen LogP contribution in [0.25, 0.3) is 0 Å². The van der Waals surface area contributed by atoms with Crippen molar-refractivity contribution in [1.29, 1.82) is 0 Å². The fraction of sp³-hybridized carbons (Fsp3) is 0.400. The Bertz CT molecular complexity index is 1030. The lowest BCUT2D eigenvalue weighted by Gasteiger charge is -2.33. The molecule has 6 nitrogen and oxygen atoms in total. The molecule has 0 bridgehead atoms. The molecule has 0 aliphatic carbocycles. The van der Waals surface area contributed by atoms with Crippen molar-refractivity contribution >= 4 is 25.4 Å². The summed E-state index contributed by atoms with van der Waals surface area (Å²) >= 11 is 0. The van der Waals surface area contributed by atoms with Gasteiger partial charge in [-0.1, -0.05) is 30.3 Å². The second-order valence-electron chi connectivity index (χ2n) is 7.38. The number of sulfone groups is 2. The van der Waals surface area contributed by atoms with Gasteiger partial charge in [0.05, 0.1) is 15.5 Å². The van der Waals surface area contributed by atoms with Gasteiger partial charge in [-0.25, -0.2) is 16.8 Å². The van der Waals surface area contributed by atoms with Crippen molar-refractivity contribution in [2.75, 3.05) is 30.9 Å². The summed E-state index contributed by atoms with van der Waals surface area (Å²) in [6.45, 7) is 2.75. The minimum Gasteiger partial charge on any atom is -0.381 e. The van der Waals surface area contributed by atoms with Gasteiger partial charge in [0.1, 0.15) is 0 Å². The molecule has 0 amide bonds. The molecule has 0 aromatic heterocycles. The molecule has 1 aliphatic rings. The highest BCUT2D eigenvalue weighted by Crippen LogP contribution is 2.27. The van der Waals surface area contributed by atoms with E-state index in [0.29, 0.717) is 5.69 Å². The van der Waals surface area contributed by atoms with E-state index < -0.39 is 19.7 Å². The van der Waals surface area contributed by atoms with E-state index in [0.717, 1.165) is 45.0 Å². The van der Waals surface area contributed by atoms with E-state index in [1.165, 1.54) is 17.7 Å². The van der Waals surface area contributed by atoms with Gasteiger partial charge >= 0.3 is 0 Å². The molecule has 1 aliphatic heterocycles. The van der Waals surface area contributed by atoms with Crippen LogP contribution in [0.4, 0.5) is 5.69 Å². The third-order valence-electron chi connectivity index (χ3n) is 4.98. The Hall–Kier alpha value is -1.90. The van der Waals surface area contributed by atoms with E-state index in [1.807, 2.05) is 18.2 Å². The molecule has 0 saturated carbocycles. The maximum atomic E-state index is 12.2. The summed E-state index contributed by atoms with van der Waals surface area (Å²) in [5.41, 5.74) is 1.75. The molecule has 0 unspecified atom stereocenters. The number of likely N-dealkylation sites (tertiary alicyclic amines) is 1. The number of piperidine rings is 1. The van der Waals surface area contributed by atoms with Gasteiger partial charge < -0.3 is 5.32 Å². The van der Waals surface area contributed by atoms with E-state index in [-0.39, 0.29) is 15.8 Å². The second-order valence-corrected chi connectivity index (χ2v) is 11.4. The first-order valence-electron chi connectivity index (χ1n) is 9.20. The Balaban J connectivity index is 1.69. The minimum absolute atomic E-state index is 0.0103. The number of anilines is 1. The highest BCUT2D eigenvalue weighted by molar-refractivity contribution is 7.91. The van der Waals surface area contributed by atoms with Crippen LogP contribution in [0.3, 0.4) is 0 Å². The normalized spacial score (nSPS) is 16.8. The molecule has 0 radical (unpaired) electrons. The smallest absolute Gasteiger partial charge is 0.177 e. The van der Waals surface area contributed by atoms with Crippen LogP contribution >= 0.6 is 0 Å². The second kappa shape index (κ2) is 8.23. The lowest BCUT2D eigenvalue weighted by molar-refractivity contribution is 0.211. The van der Waals surface area contributed by atoms with Gasteiger partial charge in [0, 0.05) is 38.2 Å². The summed E-state index contributed by atoms with van der Waals surface area (Å²) in [6, 6.07) is 14.7. The van der Waals surface area contributed by atoms with Crippen LogP contribution in [0.2, 0.25) is 0 Å². The van der Waals surface area contributed by atoms with E-state index in [1.54, 1.807) is 6.07 Å². The number of benzene rings is 2. The van der Waals surface area contributed by atoms with Gasteiger partial charge in [0.15, 0.2) is 19.7 Å². The Labute approximate surface area is 167 Å². The highest BCUT2D eigenvalue weighted by Gasteiger charge is 2.23.